The number of carbonyl (C=O) groups is 5. The first-order valence-corrected chi connectivity index (χ1v) is 14.0. The van der Waals surface area contributed by atoms with Crippen molar-refractivity contribution >= 4 is 51.4 Å². The summed E-state index contributed by atoms with van der Waals surface area (Å²) in [4.78, 5) is 68.7. The number of nitrogens with one attached hydrogen (secondary N) is 5. The van der Waals surface area contributed by atoms with Gasteiger partial charge in [-0.1, -0.05) is 36.4 Å². The smallest absolute Gasteiger partial charge is 0.326 e. The molecule has 4 amide bonds. The second kappa shape index (κ2) is 14.3. The van der Waals surface area contributed by atoms with Gasteiger partial charge in [0.25, 0.3) is 0 Å². The van der Waals surface area contributed by atoms with Crippen LogP contribution < -0.4 is 27.4 Å². The topological polar surface area (TPSA) is 246 Å². The minimum atomic E-state index is -1.56. The molecule has 4 rings (SSSR count). The zero-order valence-corrected chi connectivity index (χ0v) is 23.7. The molecule has 0 bridgehead atoms. The number of carboxylic acids is 1. The number of amides is 4. The number of hydrogen-bond donors (Lipinski definition) is 9. The summed E-state index contributed by atoms with van der Waals surface area (Å²) in [5.74, 6) is -4.57. The lowest BCUT2D eigenvalue weighted by atomic mass is 10.0. The first-order valence-electron chi connectivity index (χ1n) is 14.0. The number of para-hydroxylation sites is 2. The highest BCUT2D eigenvalue weighted by atomic mass is 16.4. The maximum absolute atomic E-state index is 13.2. The fraction of sp³-hybridized carbons (Fsp3) is 0.300. The van der Waals surface area contributed by atoms with Crippen LogP contribution in [0.4, 0.5) is 0 Å². The summed E-state index contributed by atoms with van der Waals surface area (Å²) in [5, 5.41) is 28.5. The molecule has 0 saturated heterocycles. The van der Waals surface area contributed by atoms with Crippen LogP contribution in [0.2, 0.25) is 0 Å². The molecule has 0 aliphatic carbocycles. The summed E-state index contributed by atoms with van der Waals surface area (Å²) in [6, 6.07) is 9.42. The van der Waals surface area contributed by atoms with E-state index in [0.29, 0.717) is 5.56 Å². The van der Waals surface area contributed by atoms with Crippen molar-refractivity contribution in [3.8, 4) is 0 Å². The van der Waals surface area contributed by atoms with Crippen molar-refractivity contribution < 1.29 is 34.2 Å². The molecule has 14 nitrogen and oxygen atoms in total. The Morgan fingerprint density at radius 1 is 0.727 bits per heavy atom. The van der Waals surface area contributed by atoms with Gasteiger partial charge in [0.05, 0.1) is 12.6 Å². The van der Waals surface area contributed by atoms with Crippen LogP contribution in [0.3, 0.4) is 0 Å². The van der Waals surface area contributed by atoms with Gasteiger partial charge in [0.1, 0.15) is 18.1 Å². The molecule has 2 aromatic carbocycles. The zero-order chi connectivity index (χ0) is 31.8. The number of aromatic amines is 2. The average Bonchev–Trinajstić information content (AvgIpc) is 3.61. The molecule has 0 spiro atoms. The normalized spacial score (nSPS) is 14.0. The molecule has 0 aliphatic heterocycles. The molecule has 2 heterocycles. The summed E-state index contributed by atoms with van der Waals surface area (Å²) < 4.78 is 0. The molecule has 14 heteroatoms. The number of hydrogen-bond acceptors (Lipinski definition) is 7. The Morgan fingerprint density at radius 3 is 1.77 bits per heavy atom. The molecule has 0 saturated carbocycles. The predicted molar refractivity (Wildman–Crippen MR) is 161 cm³/mol. The Labute approximate surface area is 251 Å². The van der Waals surface area contributed by atoms with E-state index < -0.39 is 60.4 Å². The number of nitrogens with two attached hydrogens (primary N) is 2. The third-order valence-corrected chi connectivity index (χ3v) is 7.29. The van der Waals surface area contributed by atoms with Crippen LogP contribution in [0.25, 0.3) is 21.8 Å². The summed E-state index contributed by atoms with van der Waals surface area (Å²) in [6.45, 7) is -0.867. The lowest BCUT2D eigenvalue weighted by Gasteiger charge is -2.24. The van der Waals surface area contributed by atoms with Gasteiger partial charge in [-0.3, -0.25) is 19.2 Å². The van der Waals surface area contributed by atoms with E-state index in [0.717, 1.165) is 27.4 Å². The largest absolute Gasteiger partial charge is 0.480 e. The van der Waals surface area contributed by atoms with Gasteiger partial charge in [0, 0.05) is 47.0 Å². The van der Waals surface area contributed by atoms with Crippen LogP contribution >= 0.6 is 0 Å². The average molecular weight is 606 g/mol. The second-order valence-corrected chi connectivity index (χ2v) is 10.4. The number of primary amides is 1. The Morgan fingerprint density at radius 2 is 1.23 bits per heavy atom. The molecule has 4 unspecified atom stereocenters. The van der Waals surface area contributed by atoms with Gasteiger partial charge in [-0.05, 0) is 36.1 Å². The van der Waals surface area contributed by atoms with Crippen LogP contribution in [0.1, 0.15) is 24.0 Å². The monoisotopic (exact) mass is 605 g/mol. The molecule has 2 aromatic heterocycles. The van der Waals surface area contributed by atoms with Gasteiger partial charge in [0.15, 0.2) is 0 Å². The summed E-state index contributed by atoms with van der Waals surface area (Å²) >= 11 is 0. The van der Waals surface area contributed by atoms with Crippen molar-refractivity contribution in [2.75, 3.05) is 6.61 Å². The SMILES string of the molecule is NC(=O)CCC(NC(=O)C(N)Cc1c[nH]c2ccccc12)C(=O)NC(CO)C(=O)NC(Cc1c[nH]c2ccccc12)C(=O)O. The lowest BCUT2D eigenvalue weighted by Crippen LogP contribution is -2.58. The molecule has 4 aromatic rings. The van der Waals surface area contributed by atoms with Crippen molar-refractivity contribution in [3.63, 3.8) is 0 Å². The fourth-order valence-electron chi connectivity index (χ4n) is 4.92. The number of carboxylic acid groups (broad SMARTS) is 1. The number of H-pyrrole nitrogens is 2. The van der Waals surface area contributed by atoms with E-state index in [4.69, 9.17) is 11.5 Å². The van der Waals surface area contributed by atoms with E-state index in [1.165, 1.54) is 0 Å². The third kappa shape index (κ3) is 7.79. The summed E-state index contributed by atoms with van der Waals surface area (Å²) in [7, 11) is 0. The van der Waals surface area contributed by atoms with Gasteiger partial charge < -0.3 is 47.6 Å². The van der Waals surface area contributed by atoms with Gasteiger partial charge in [-0.15, -0.1) is 0 Å². The Hall–Kier alpha value is -5.21. The van der Waals surface area contributed by atoms with E-state index in [-0.39, 0.29) is 25.7 Å². The number of carbonyl (C=O) groups excluding carboxylic acids is 4. The van der Waals surface area contributed by atoms with Crippen molar-refractivity contribution in [1.82, 2.24) is 25.9 Å². The van der Waals surface area contributed by atoms with E-state index in [9.17, 15) is 34.2 Å². The molecule has 44 heavy (non-hydrogen) atoms. The van der Waals surface area contributed by atoms with E-state index >= 15 is 0 Å². The molecule has 232 valence electrons. The number of aromatic nitrogens is 2. The third-order valence-electron chi connectivity index (χ3n) is 7.29. The highest BCUT2D eigenvalue weighted by molar-refractivity contribution is 5.95. The lowest BCUT2D eigenvalue weighted by molar-refractivity contribution is -0.142. The van der Waals surface area contributed by atoms with Gasteiger partial charge in [-0.25, -0.2) is 4.79 Å². The van der Waals surface area contributed by atoms with Gasteiger partial charge in [0.2, 0.25) is 23.6 Å². The molecule has 4 atom stereocenters. The van der Waals surface area contributed by atoms with Crippen LogP contribution in [0, 0.1) is 0 Å². The van der Waals surface area contributed by atoms with Crippen LogP contribution in [-0.2, 0) is 36.8 Å². The number of rotatable bonds is 15. The number of benzene rings is 2. The van der Waals surface area contributed by atoms with Crippen LogP contribution in [-0.4, -0.2) is 80.6 Å². The van der Waals surface area contributed by atoms with Crippen molar-refractivity contribution in [3.05, 3.63) is 72.1 Å². The zero-order valence-electron chi connectivity index (χ0n) is 23.7. The maximum Gasteiger partial charge on any atom is 0.326 e. The Balaban J connectivity index is 1.40. The maximum atomic E-state index is 13.2. The minimum Gasteiger partial charge on any atom is -0.480 e. The van der Waals surface area contributed by atoms with Gasteiger partial charge >= 0.3 is 5.97 Å². The van der Waals surface area contributed by atoms with Crippen molar-refractivity contribution in [1.29, 1.82) is 0 Å². The van der Waals surface area contributed by atoms with E-state index in [1.807, 2.05) is 42.5 Å². The highest BCUT2D eigenvalue weighted by Gasteiger charge is 2.31. The number of aliphatic hydroxyl groups is 1. The highest BCUT2D eigenvalue weighted by Crippen LogP contribution is 2.20. The fourth-order valence-corrected chi connectivity index (χ4v) is 4.92. The minimum absolute atomic E-state index is 0.0667. The Bertz CT molecular complexity index is 1660. The quantitative estimate of drug-likeness (QED) is 0.0857. The van der Waals surface area contributed by atoms with E-state index in [1.54, 1.807) is 18.5 Å². The Kier molecular flexibility index (Phi) is 10.3. The molecule has 0 radical (unpaired) electrons. The first kappa shape index (κ1) is 31.7. The molecule has 0 fully saturated rings. The van der Waals surface area contributed by atoms with E-state index in [2.05, 4.69) is 25.9 Å². The van der Waals surface area contributed by atoms with Crippen LogP contribution in [0.5, 0.6) is 0 Å². The van der Waals surface area contributed by atoms with Gasteiger partial charge in [-0.2, -0.15) is 0 Å². The molecular formula is C30H35N7O7. The summed E-state index contributed by atoms with van der Waals surface area (Å²) in [5.41, 5.74) is 14.5. The number of aliphatic carboxylic acids is 1. The standard InChI is InChI=1S/C30H35N7O7/c31-20(11-16-13-33-21-7-3-1-5-18(16)21)27(40)35-23(9-10-26(32)39)28(41)37-25(15-38)29(42)36-24(30(43)44)12-17-14-34-22-8-4-2-6-19(17)22/h1-8,13-14,20,23-25,33-34,38H,9-12,15,31H2,(H2,32,39)(H,35,40)(H,36,42)(H,37,41)(H,43,44). The predicted octanol–water partition coefficient (Wildman–Crippen LogP) is -0.441. The number of fused-ring (bicyclic) bond motifs is 2. The van der Waals surface area contributed by atoms with Crippen LogP contribution in [0.15, 0.2) is 60.9 Å². The molecule has 11 N–H and O–H groups in total. The first-order chi connectivity index (χ1) is 21.1. The van der Waals surface area contributed by atoms with Crippen molar-refractivity contribution in [2.45, 2.75) is 49.9 Å². The molecule has 0 aliphatic rings. The second-order valence-electron chi connectivity index (χ2n) is 10.4. The van der Waals surface area contributed by atoms with Crippen molar-refractivity contribution in [2.24, 2.45) is 11.5 Å². The summed E-state index contributed by atoms with van der Waals surface area (Å²) in [6.07, 6.45) is 3.00. The molecular weight excluding hydrogens is 570 g/mol. The number of aliphatic hydroxyl groups excluding tert-OH is 1.